The summed E-state index contributed by atoms with van der Waals surface area (Å²) < 4.78 is 0. The Kier molecular flexibility index (Phi) is 3.53. The Hall–Kier alpha value is -1.40. The van der Waals surface area contributed by atoms with E-state index in [1.807, 2.05) is 0 Å². The number of carbonyl (C=O) groups excluding carboxylic acids is 1. The summed E-state index contributed by atoms with van der Waals surface area (Å²) in [5, 5.41) is 28.3. The molecule has 2 fully saturated rings. The number of hydrogen-bond donors (Lipinski definition) is 3. The van der Waals surface area contributed by atoms with Gasteiger partial charge in [0.2, 0.25) is 5.91 Å². The third-order valence-corrected chi connectivity index (χ3v) is 5.25. The Morgan fingerprint density at radius 3 is 2.71 bits per heavy atom. The number of carbonyl (C=O) groups is 2. The van der Waals surface area contributed by atoms with E-state index in [0.29, 0.717) is 12.8 Å². The fourth-order valence-corrected chi connectivity index (χ4v) is 4.34. The zero-order valence-corrected chi connectivity index (χ0v) is 12.0. The fraction of sp³-hybridized carbons (Fsp3) is 0.733. The average molecular weight is 295 g/mol. The van der Waals surface area contributed by atoms with Gasteiger partial charge in [0.25, 0.3) is 0 Å². The van der Waals surface area contributed by atoms with Gasteiger partial charge in [-0.25, -0.2) is 4.79 Å². The van der Waals surface area contributed by atoms with Crippen LogP contribution in [-0.2, 0) is 9.59 Å². The number of aliphatic hydroxyl groups excluding tert-OH is 2. The first kappa shape index (κ1) is 14.5. The number of aliphatic hydroxyl groups is 2. The smallest absolute Gasteiger partial charge is 0.352 e. The van der Waals surface area contributed by atoms with E-state index in [4.69, 9.17) is 5.11 Å². The predicted molar refractivity (Wildman–Crippen MR) is 73.0 cm³/mol. The standard InChI is InChI=1S/C15H21NO5/c1-7(18)11-12-9-3-2-8(4-5-17)6-10(9)13(15(20)21)16(12)14(11)19/h7-9,11-12,17-18H,2-6H2,1H3,(H,20,21)/t7-,8-,9+,11-,12-/m1/s1. The van der Waals surface area contributed by atoms with Gasteiger partial charge in [-0.2, -0.15) is 0 Å². The number of aliphatic carboxylic acids is 1. The monoisotopic (exact) mass is 295 g/mol. The van der Waals surface area contributed by atoms with Crippen molar-refractivity contribution in [2.24, 2.45) is 17.8 Å². The second kappa shape index (κ2) is 5.10. The molecule has 5 atom stereocenters. The first-order chi connectivity index (χ1) is 9.97. The van der Waals surface area contributed by atoms with Gasteiger partial charge in [0.15, 0.2) is 0 Å². The molecule has 21 heavy (non-hydrogen) atoms. The highest BCUT2D eigenvalue weighted by atomic mass is 16.4. The fourth-order valence-electron chi connectivity index (χ4n) is 4.34. The number of hydrogen-bond acceptors (Lipinski definition) is 4. The van der Waals surface area contributed by atoms with Crippen LogP contribution in [0.5, 0.6) is 0 Å². The van der Waals surface area contributed by atoms with Crippen LogP contribution in [0.1, 0.15) is 32.6 Å². The van der Waals surface area contributed by atoms with Crippen molar-refractivity contribution in [3.63, 3.8) is 0 Å². The van der Waals surface area contributed by atoms with Crippen LogP contribution in [0.2, 0.25) is 0 Å². The quantitative estimate of drug-likeness (QED) is 0.650. The zero-order valence-electron chi connectivity index (χ0n) is 12.0. The molecule has 1 saturated carbocycles. The number of carboxylic acids is 1. The Bertz CT molecular complexity index is 512. The molecule has 0 bridgehead atoms. The Morgan fingerprint density at radius 2 is 2.14 bits per heavy atom. The van der Waals surface area contributed by atoms with E-state index in [0.717, 1.165) is 18.4 Å². The Labute approximate surface area is 123 Å². The molecule has 3 rings (SSSR count). The van der Waals surface area contributed by atoms with E-state index < -0.39 is 18.0 Å². The van der Waals surface area contributed by atoms with Crippen molar-refractivity contribution in [2.75, 3.05) is 6.61 Å². The Morgan fingerprint density at radius 1 is 1.43 bits per heavy atom. The van der Waals surface area contributed by atoms with E-state index in [9.17, 15) is 19.8 Å². The second-order valence-corrected chi connectivity index (χ2v) is 6.41. The van der Waals surface area contributed by atoms with Crippen molar-refractivity contribution in [1.82, 2.24) is 4.90 Å². The summed E-state index contributed by atoms with van der Waals surface area (Å²) in [6, 6.07) is -0.186. The van der Waals surface area contributed by atoms with Crippen LogP contribution >= 0.6 is 0 Å². The lowest BCUT2D eigenvalue weighted by molar-refractivity contribution is -0.163. The molecular weight excluding hydrogens is 274 g/mol. The lowest BCUT2D eigenvalue weighted by Gasteiger charge is -2.47. The maximum atomic E-state index is 12.2. The minimum Gasteiger partial charge on any atom is -0.477 e. The highest BCUT2D eigenvalue weighted by Crippen LogP contribution is 2.53. The van der Waals surface area contributed by atoms with Gasteiger partial charge in [-0.05, 0) is 44.1 Å². The molecule has 1 saturated heterocycles. The normalized spacial score (nSPS) is 36.1. The van der Waals surface area contributed by atoms with Crippen molar-refractivity contribution < 1.29 is 24.9 Å². The maximum absolute atomic E-state index is 12.2. The first-order valence-electron chi connectivity index (χ1n) is 7.55. The van der Waals surface area contributed by atoms with Gasteiger partial charge >= 0.3 is 5.97 Å². The predicted octanol–water partition coefficient (Wildman–Crippen LogP) is 0.345. The number of β-lactam (4-membered cyclic amide) rings is 1. The molecule has 0 aromatic heterocycles. The third-order valence-electron chi connectivity index (χ3n) is 5.25. The number of carboxylic acid groups (broad SMARTS) is 1. The minimum absolute atomic E-state index is 0.0587. The zero-order chi connectivity index (χ0) is 15.3. The number of amides is 1. The lowest BCUT2D eigenvalue weighted by Crippen LogP contribution is -2.64. The lowest BCUT2D eigenvalue weighted by atomic mass is 9.70. The molecular formula is C15H21NO5. The Balaban J connectivity index is 1.92. The van der Waals surface area contributed by atoms with Gasteiger partial charge in [0, 0.05) is 12.5 Å². The number of nitrogens with zero attached hydrogens (tertiary/aromatic N) is 1. The van der Waals surface area contributed by atoms with Crippen LogP contribution in [0, 0.1) is 17.8 Å². The SMILES string of the molecule is C[C@@H](O)[C@H]1C(=O)N2C(C(=O)O)=C3C[C@@H](CCO)CC[C@@H]3[C@H]12. The molecule has 1 aliphatic carbocycles. The highest BCUT2D eigenvalue weighted by molar-refractivity contribution is 6.00. The number of fused-ring (bicyclic) bond motifs is 3. The van der Waals surface area contributed by atoms with Crippen LogP contribution in [0.25, 0.3) is 0 Å². The molecule has 3 aliphatic rings. The van der Waals surface area contributed by atoms with Crippen molar-refractivity contribution in [1.29, 1.82) is 0 Å². The molecule has 0 radical (unpaired) electrons. The summed E-state index contributed by atoms with van der Waals surface area (Å²) >= 11 is 0. The van der Waals surface area contributed by atoms with Gasteiger partial charge in [-0.15, -0.1) is 0 Å². The highest BCUT2D eigenvalue weighted by Gasteiger charge is 2.61. The number of rotatable bonds is 4. The van der Waals surface area contributed by atoms with E-state index >= 15 is 0 Å². The van der Waals surface area contributed by atoms with Gasteiger partial charge < -0.3 is 20.2 Å². The second-order valence-electron chi connectivity index (χ2n) is 6.41. The molecule has 6 heteroatoms. The van der Waals surface area contributed by atoms with Crippen LogP contribution in [0.3, 0.4) is 0 Å². The first-order valence-corrected chi connectivity index (χ1v) is 7.55. The summed E-state index contributed by atoms with van der Waals surface area (Å²) in [4.78, 5) is 25.1. The molecule has 0 aromatic carbocycles. The molecule has 116 valence electrons. The van der Waals surface area contributed by atoms with Crippen LogP contribution in [0.4, 0.5) is 0 Å². The van der Waals surface area contributed by atoms with Gasteiger partial charge in [0.05, 0.1) is 18.1 Å². The molecule has 2 aliphatic heterocycles. The van der Waals surface area contributed by atoms with E-state index in [1.54, 1.807) is 6.92 Å². The summed E-state index contributed by atoms with van der Waals surface area (Å²) in [6.07, 6.45) is 2.32. The summed E-state index contributed by atoms with van der Waals surface area (Å²) in [6.45, 7) is 1.70. The molecule has 6 nitrogen and oxygen atoms in total. The maximum Gasteiger partial charge on any atom is 0.352 e. The van der Waals surface area contributed by atoms with E-state index in [-0.39, 0.29) is 36.1 Å². The topological polar surface area (TPSA) is 98.1 Å². The average Bonchev–Trinajstić information content (AvgIpc) is 2.69. The van der Waals surface area contributed by atoms with Crippen molar-refractivity contribution in [2.45, 2.75) is 44.8 Å². The van der Waals surface area contributed by atoms with Crippen molar-refractivity contribution >= 4 is 11.9 Å². The molecule has 1 amide bonds. The summed E-state index contributed by atoms with van der Waals surface area (Å²) in [7, 11) is 0. The van der Waals surface area contributed by atoms with Crippen LogP contribution < -0.4 is 0 Å². The largest absolute Gasteiger partial charge is 0.477 e. The minimum atomic E-state index is -1.06. The van der Waals surface area contributed by atoms with Gasteiger partial charge in [-0.1, -0.05) is 0 Å². The molecule has 0 unspecified atom stereocenters. The van der Waals surface area contributed by atoms with E-state index in [2.05, 4.69) is 0 Å². The summed E-state index contributed by atoms with van der Waals surface area (Å²) in [5.41, 5.74) is 0.975. The molecule has 0 spiro atoms. The summed E-state index contributed by atoms with van der Waals surface area (Å²) in [5.74, 6) is -1.46. The third kappa shape index (κ3) is 2.00. The van der Waals surface area contributed by atoms with Crippen molar-refractivity contribution in [3.8, 4) is 0 Å². The van der Waals surface area contributed by atoms with Crippen LogP contribution in [-0.4, -0.2) is 50.8 Å². The van der Waals surface area contributed by atoms with Crippen LogP contribution in [0.15, 0.2) is 11.3 Å². The molecule has 0 aromatic rings. The molecule has 3 N–H and O–H groups in total. The van der Waals surface area contributed by atoms with Crippen molar-refractivity contribution in [3.05, 3.63) is 11.3 Å². The van der Waals surface area contributed by atoms with Gasteiger partial charge in [0.1, 0.15) is 5.70 Å². The van der Waals surface area contributed by atoms with E-state index in [1.165, 1.54) is 4.90 Å². The molecule has 2 heterocycles. The van der Waals surface area contributed by atoms with Gasteiger partial charge in [-0.3, -0.25) is 4.79 Å².